The van der Waals surface area contributed by atoms with E-state index >= 15 is 0 Å². The third kappa shape index (κ3) is 5.26. The summed E-state index contributed by atoms with van der Waals surface area (Å²) in [4.78, 5) is 2.12. The average molecular weight is 486 g/mol. The molecule has 36 heavy (non-hydrogen) atoms. The van der Waals surface area contributed by atoms with Gasteiger partial charge in [0.2, 0.25) is 5.75 Å². The predicted octanol–water partition coefficient (Wildman–Crippen LogP) is 6.37. The summed E-state index contributed by atoms with van der Waals surface area (Å²) in [6, 6.07) is 27.3. The molecule has 0 heterocycles. The number of rotatable bonds is 10. The highest BCUT2D eigenvalue weighted by atomic mass is 16.5. The van der Waals surface area contributed by atoms with Gasteiger partial charge >= 0.3 is 0 Å². The molecule has 0 radical (unpaired) electrons. The molecular formula is C31H35NO4. The Morgan fingerprint density at radius 1 is 0.694 bits per heavy atom. The van der Waals surface area contributed by atoms with Gasteiger partial charge < -0.3 is 23.8 Å². The van der Waals surface area contributed by atoms with Crippen LogP contribution in [0.3, 0.4) is 0 Å². The predicted molar refractivity (Wildman–Crippen MR) is 146 cm³/mol. The molecule has 5 heteroatoms. The van der Waals surface area contributed by atoms with E-state index in [0.29, 0.717) is 17.2 Å². The molecule has 0 amide bonds. The maximum atomic E-state index is 6.15. The summed E-state index contributed by atoms with van der Waals surface area (Å²) >= 11 is 0. The molecule has 0 aromatic heterocycles. The van der Waals surface area contributed by atoms with Crippen LogP contribution < -0.4 is 18.9 Å². The van der Waals surface area contributed by atoms with Crippen molar-refractivity contribution in [3.63, 3.8) is 0 Å². The lowest BCUT2D eigenvalue weighted by Gasteiger charge is -2.25. The third-order valence-corrected chi connectivity index (χ3v) is 6.35. The molecule has 0 saturated heterocycles. The normalized spacial score (nSPS) is 12.9. The summed E-state index contributed by atoms with van der Waals surface area (Å²) in [7, 11) is 9.04. The SMILES string of the molecule is COc1ccc(C(c2ccc(OC(C)CN(C)C)cc2)c2cccc3ccccc23)c(OC)c1OC. The summed E-state index contributed by atoms with van der Waals surface area (Å²) < 4.78 is 23.4. The molecule has 188 valence electrons. The van der Waals surface area contributed by atoms with Crippen molar-refractivity contribution >= 4 is 10.8 Å². The van der Waals surface area contributed by atoms with Gasteiger partial charge in [0.1, 0.15) is 11.9 Å². The van der Waals surface area contributed by atoms with Crippen molar-refractivity contribution in [2.24, 2.45) is 0 Å². The number of benzene rings is 4. The minimum absolute atomic E-state index is 0.0886. The molecule has 0 spiro atoms. The van der Waals surface area contributed by atoms with Crippen molar-refractivity contribution in [3.8, 4) is 23.0 Å². The molecule has 0 bridgehead atoms. The maximum absolute atomic E-state index is 6.15. The fraction of sp³-hybridized carbons (Fsp3) is 0.290. The monoisotopic (exact) mass is 485 g/mol. The Labute approximate surface area is 214 Å². The summed E-state index contributed by atoms with van der Waals surface area (Å²) in [5.74, 6) is 2.63. The lowest BCUT2D eigenvalue weighted by molar-refractivity contribution is 0.177. The molecule has 5 nitrogen and oxygen atoms in total. The minimum Gasteiger partial charge on any atom is -0.493 e. The highest BCUT2D eigenvalue weighted by Gasteiger charge is 2.26. The number of hydrogen-bond donors (Lipinski definition) is 0. The van der Waals surface area contributed by atoms with Gasteiger partial charge in [-0.15, -0.1) is 0 Å². The molecule has 0 fully saturated rings. The molecule has 0 aliphatic rings. The first-order valence-corrected chi connectivity index (χ1v) is 12.1. The van der Waals surface area contributed by atoms with Crippen LogP contribution in [0.2, 0.25) is 0 Å². The van der Waals surface area contributed by atoms with Crippen molar-refractivity contribution < 1.29 is 18.9 Å². The molecule has 2 unspecified atom stereocenters. The molecule has 4 aromatic rings. The standard InChI is InChI=1S/C31H35NO4/c1-21(20-32(2)3)36-24-16-14-23(15-17-24)29(26-13-9-11-22-10-7-8-12-25(22)26)27-18-19-28(33-4)31(35-6)30(27)34-5/h7-19,21,29H,20H2,1-6H3. The zero-order chi connectivity index (χ0) is 25.7. The van der Waals surface area contributed by atoms with Crippen molar-refractivity contribution in [2.75, 3.05) is 42.0 Å². The molecule has 0 saturated carbocycles. The van der Waals surface area contributed by atoms with E-state index in [9.17, 15) is 0 Å². The van der Waals surface area contributed by atoms with Crippen LogP contribution in [-0.2, 0) is 0 Å². The number of hydrogen-bond acceptors (Lipinski definition) is 5. The van der Waals surface area contributed by atoms with E-state index in [0.717, 1.165) is 23.4 Å². The van der Waals surface area contributed by atoms with Crippen LogP contribution >= 0.6 is 0 Å². The number of nitrogens with zero attached hydrogens (tertiary/aromatic N) is 1. The van der Waals surface area contributed by atoms with Gasteiger partial charge in [0.05, 0.1) is 21.3 Å². The second-order valence-electron chi connectivity index (χ2n) is 9.18. The van der Waals surface area contributed by atoms with Crippen LogP contribution in [0.15, 0.2) is 78.9 Å². The van der Waals surface area contributed by atoms with E-state index in [1.54, 1.807) is 21.3 Å². The van der Waals surface area contributed by atoms with Gasteiger partial charge in [0.15, 0.2) is 11.5 Å². The van der Waals surface area contributed by atoms with Crippen LogP contribution in [0.4, 0.5) is 0 Å². The zero-order valence-electron chi connectivity index (χ0n) is 21.9. The first-order chi connectivity index (χ1) is 17.5. The number of ether oxygens (including phenoxy) is 4. The maximum Gasteiger partial charge on any atom is 0.203 e. The fourth-order valence-electron chi connectivity index (χ4n) is 4.90. The Hall–Kier alpha value is -3.70. The Kier molecular flexibility index (Phi) is 8.01. The van der Waals surface area contributed by atoms with E-state index in [1.165, 1.54) is 16.3 Å². The summed E-state index contributed by atoms with van der Waals surface area (Å²) in [6.45, 7) is 2.94. The second-order valence-corrected chi connectivity index (χ2v) is 9.18. The lowest BCUT2D eigenvalue weighted by atomic mass is 9.82. The van der Waals surface area contributed by atoms with E-state index in [4.69, 9.17) is 18.9 Å². The van der Waals surface area contributed by atoms with Crippen molar-refractivity contribution in [1.82, 2.24) is 4.90 Å². The lowest BCUT2D eigenvalue weighted by Crippen LogP contribution is -2.27. The van der Waals surface area contributed by atoms with Crippen LogP contribution in [0.25, 0.3) is 10.8 Å². The second kappa shape index (κ2) is 11.4. The number of fused-ring (bicyclic) bond motifs is 1. The summed E-state index contributed by atoms with van der Waals surface area (Å²) in [6.07, 6.45) is 0.0886. The number of methoxy groups -OCH3 is 3. The Morgan fingerprint density at radius 2 is 1.39 bits per heavy atom. The van der Waals surface area contributed by atoms with Gasteiger partial charge in [-0.1, -0.05) is 60.7 Å². The van der Waals surface area contributed by atoms with Gasteiger partial charge in [0, 0.05) is 18.0 Å². The van der Waals surface area contributed by atoms with E-state index in [1.807, 2.05) is 32.3 Å². The van der Waals surface area contributed by atoms with Crippen LogP contribution in [-0.4, -0.2) is 53.0 Å². The fourth-order valence-corrected chi connectivity index (χ4v) is 4.90. The van der Waals surface area contributed by atoms with Gasteiger partial charge in [0.25, 0.3) is 0 Å². The first kappa shape index (κ1) is 25.4. The molecule has 4 rings (SSSR count). The third-order valence-electron chi connectivity index (χ3n) is 6.35. The number of likely N-dealkylation sites (N-methyl/N-ethyl adjacent to an activating group) is 1. The molecule has 0 aliphatic heterocycles. The van der Waals surface area contributed by atoms with E-state index in [-0.39, 0.29) is 12.0 Å². The highest BCUT2D eigenvalue weighted by Crippen LogP contribution is 2.47. The summed E-state index contributed by atoms with van der Waals surface area (Å²) in [5.41, 5.74) is 3.32. The van der Waals surface area contributed by atoms with Gasteiger partial charge in [-0.25, -0.2) is 0 Å². The Balaban J connectivity index is 1.87. The topological polar surface area (TPSA) is 40.2 Å². The average Bonchev–Trinajstić information content (AvgIpc) is 2.89. The quantitative estimate of drug-likeness (QED) is 0.244. The summed E-state index contributed by atoms with van der Waals surface area (Å²) in [5, 5.41) is 2.39. The Bertz CT molecular complexity index is 1290. The van der Waals surface area contributed by atoms with Crippen molar-refractivity contribution in [1.29, 1.82) is 0 Å². The van der Waals surface area contributed by atoms with E-state index < -0.39 is 0 Å². The van der Waals surface area contributed by atoms with E-state index in [2.05, 4.69) is 72.5 Å². The van der Waals surface area contributed by atoms with Crippen molar-refractivity contribution in [2.45, 2.75) is 18.9 Å². The van der Waals surface area contributed by atoms with Crippen molar-refractivity contribution in [3.05, 3.63) is 95.6 Å². The molecular weight excluding hydrogens is 450 g/mol. The molecule has 2 atom stereocenters. The zero-order valence-corrected chi connectivity index (χ0v) is 21.9. The Morgan fingerprint density at radius 3 is 2.06 bits per heavy atom. The minimum atomic E-state index is -0.0981. The smallest absolute Gasteiger partial charge is 0.203 e. The van der Waals surface area contributed by atoms with Gasteiger partial charge in [-0.2, -0.15) is 0 Å². The van der Waals surface area contributed by atoms with Crippen LogP contribution in [0, 0.1) is 0 Å². The molecule has 0 N–H and O–H groups in total. The highest BCUT2D eigenvalue weighted by molar-refractivity contribution is 5.87. The largest absolute Gasteiger partial charge is 0.493 e. The van der Waals surface area contributed by atoms with Crippen LogP contribution in [0.1, 0.15) is 29.5 Å². The van der Waals surface area contributed by atoms with Crippen LogP contribution in [0.5, 0.6) is 23.0 Å². The van der Waals surface area contributed by atoms with Gasteiger partial charge in [-0.05, 0) is 61.1 Å². The molecule has 4 aromatic carbocycles. The van der Waals surface area contributed by atoms with Gasteiger partial charge in [-0.3, -0.25) is 0 Å². The molecule has 0 aliphatic carbocycles. The first-order valence-electron chi connectivity index (χ1n) is 12.1.